The normalized spacial score (nSPS) is 11.0. The highest BCUT2D eigenvalue weighted by atomic mass is 16.5. The SMILES string of the molecule is Cn1cc(/C=N/NC(=O)COc2ccc3ccccc3c2)cn1. The number of fused-ring (bicyclic) bond motifs is 1. The Bertz CT molecular complexity index is 854. The van der Waals surface area contributed by atoms with E-state index in [1.54, 1.807) is 17.1 Å². The lowest BCUT2D eigenvalue weighted by atomic mass is 10.1. The molecule has 3 rings (SSSR count). The van der Waals surface area contributed by atoms with Crippen LogP contribution in [0.1, 0.15) is 5.56 Å². The summed E-state index contributed by atoms with van der Waals surface area (Å²) in [6.07, 6.45) is 4.98. The maximum atomic E-state index is 11.7. The molecule has 0 saturated carbocycles. The van der Waals surface area contributed by atoms with Crippen molar-refractivity contribution >= 4 is 22.9 Å². The average Bonchev–Trinajstić information content (AvgIpc) is 2.98. The van der Waals surface area contributed by atoms with Gasteiger partial charge in [0, 0.05) is 18.8 Å². The number of hydrogen-bond donors (Lipinski definition) is 1. The molecule has 0 radical (unpaired) electrons. The first-order valence-corrected chi connectivity index (χ1v) is 7.13. The minimum atomic E-state index is -0.321. The molecular formula is C17H16N4O2. The molecule has 0 spiro atoms. The van der Waals surface area contributed by atoms with E-state index < -0.39 is 0 Å². The van der Waals surface area contributed by atoms with Crippen molar-refractivity contribution < 1.29 is 9.53 Å². The standard InChI is InChI=1S/C17H16N4O2/c1-21-11-13(10-19-21)9-18-20-17(22)12-23-16-7-6-14-4-2-3-5-15(14)8-16/h2-11H,12H2,1H3,(H,20,22)/b18-9+. The highest BCUT2D eigenvalue weighted by Gasteiger charge is 2.02. The molecule has 6 nitrogen and oxygen atoms in total. The van der Waals surface area contributed by atoms with Gasteiger partial charge in [-0.05, 0) is 22.9 Å². The Morgan fingerprint density at radius 1 is 1.30 bits per heavy atom. The third-order valence-corrected chi connectivity index (χ3v) is 3.22. The zero-order valence-electron chi connectivity index (χ0n) is 12.6. The fraction of sp³-hybridized carbons (Fsp3) is 0.118. The van der Waals surface area contributed by atoms with E-state index in [4.69, 9.17) is 4.74 Å². The van der Waals surface area contributed by atoms with Gasteiger partial charge in [-0.1, -0.05) is 30.3 Å². The summed E-state index contributed by atoms with van der Waals surface area (Å²) in [5.74, 6) is 0.327. The lowest BCUT2D eigenvalue weighted by Crippen LogP contribution is -2.24. The number of hydrogen-bond acceptors (Lipinski definition) is 4. The second-order valence-corrected chi connectivity index (χ2v) is 5.04. The van der Waals surface area contributed by atoms with Crippen LogP contribution < -0.4 is 10.2 Å². The van der Waals surface area contributed by atoms with Crippen LogP contribution in [0.3, 0.4) is 0 Å². The fourth-order valence-electron chi connectivity index (χ4n) is 2.12. The van der Waals surface area contributed by atoms with E-state index in [9.17, 15) is 4.79 Å². The molecule has 0 aliphatic heterocycles. The Labute approximate surface area is 133 Å². The second-order valence-electron chi connectivity index (χ2n) is 5.04. The van der Waals surface area contributed by atoms with Gasteiger partial charge in [-0.3, -0.25) is 9.48 Å². The molecule has 0 unspecified atom stereocenters. The van der Waals surface area contributed by atoms with Crippen molar-refractivity contribution in [3.63, 3.8) is 0 Å². The number of ether oxygens (including phenoxy) is 1. The van der Waals surface area contributed by atoms with Crippen LogP contribution in [-0.2, 0) is 11.8 Å². The zero-order chi connectivity index (χ0) is 16.1. The highest BCUT2D eigenvalue weighted by molar-refractivity contribution is 5.84. The molecule has 0 aliphatic rings. The number of aromatic nitrogens is 2. The van der Waals surface area contributed by atoms with E-state index in [1.165, 1.54) is 6.21 Å². The minimum absolute atomic E-state index is 0.0945. The predicted molar refractivity (Wildman–Crippen MR) is 88.4 cm³/mol. The second kappa shape index (κ2) is 6.74. The monoisotopic (exact) mass is 308 g/mol. The van der Waals surface area contributed by atoms with Gasteiger partial charge in [-0.25, -0.2) is 5.43 Å². The van der Waals surface area contributed by atoms with Crippen molar-refractivity contribution in [3.05, 3.63) is 60.4 Å². The van der Waals surface area contributed by atoms with Crippen molar-refractivity contribution in [3.8, 4) is 5.75 Å². The average molecular weight is 308 g/mol. The molecular weight excluding hydrogens is 292 g/mol. The number of aryl methyl sites for hydroxylation is 1. The Kier molecular flexibility index (Phi) is 4.33. The highest BCUT2D eigenvalue weighted by Crippen LogP contribution is 2.20. The van der Waals surface area contributed by atoms with E-state index >= 15 is 0 Å². The molecule has 0 aliphatic carbocycles. The van der Waals surface area contributed by atoms with Gasteiger partial charge in [0.05, 0.1) is 12.4 Å². The van der Waals surface area contributed by atoms with Crippen LogP contribution in [-0.4, -0.2) is 28.5 Å². The van der Waals surface area contributed by atoms with E-state index in [0.29, 0.717) is 5.75 Å². The lowest BCUT2D eigenvalue weighted by Gasteiger charge is -2.06. The number of rotatable bonds is 5. The largest absolute Gasteiger partial charge is 0.484 e. The van der Waals surface area contributed by atoms with Crippen LogP contribution in [0, 0.1) is 0 Å². The third-order valence-electron chi connectivity index (χ3n) is 3.22. The van der Waals surface area contributed by atoms with Crippen LogP contribution in [0.25, 0.3) is 10.8 Å². The molecule has 1 N–H and O–H groups in total. The molecule has 2 aromatic carbocycles. The molecule has 116 valence electrons. The minimum Gasteiger partial charge on any atom is -0.484 e. The number of benzene rings is 2. The quantitative estimate of drug-likeness (QED) is 0.580. The van der Waals surface area contributed by atoms with Gasteiger partial charge in [0.25, 0.3) is 5.91 Å². The van der Waals surface area contributed by atoms with Crippen molar-refractivity contribution in [2.75, 3.05) is 6.61 Å². The molecule has 0 bridgehead atoms. The number of amides is 1. The Balaban J connectivity index is 1.52. The Morgan fingerprint density at radius 3 is 2.91 bits per heavy atom. The van der Waals surface area contributed by atoms with Gasteiger partial charge in [-0.15, -0.1) is 0 Å². The van der Waals surface area contributed by atoms with E-state index in [0.717, 1.165) is 16.3 Å². The summed E-state index contributed by atoms with van der Waals surface area (Å²) >= 11 is 0. The van der Waals surface area contributed by atoms with Gasteiger partial charge in [0.15, 0.2) is 6.61 Å². The summed E-state index contributed by atoms with van der Waals surface area (Å²) in [5, 5.41) is 10.1. The van der Waals surface area contributed by atoms with Crippen LogP contribution in [0.4, 0.5) is 0 Å². The zero-order valence-corrected chi connectivity index (χ0v) is 12.6. The molecule has 3 aromatic rings. The molecule has 0 saturated heterocycles. The van der Waals surface area contributed by atoms with Crippen LogP contribution >= 0.6 is 0 Å². The van der Waals surface area contributed by atoms with Crippen molar-refractivity contribution in [2.24, 2.45) is 12.1 Å². The Morgan fingerprint density at radius 2 is 2.13 bits per heavy atom. The van der Waals surface area contributed by atoms with Gasteiger partial charge in [0.1, 0.15) is 5.75 Å². The topological polar surface area (TPSA) is 68.5 Å². The number of nitrogens with one attached hydrogen (secondary N) is 1. The number of carbonyl (C=O) groups is 1. The molecule has 1 amide bonds. The Hall–Kier alpha value is -3.15. The van der Waals surface area contributed by atoms with Crippen LogP contribution in [0.5, 0.6) is 5.75 Å². The van der Waals surface area contributed by atoms with Crippen molar-refractivity contribution in [2.45, 2.75) is 0 Å². The fourth-order valence-corrected chi connectivity index (χ4v) is 2.12. The molecule has 1 heterocycles. The van der Waals surface area contributed by atoms with E-state index in [1.807, 2.05) is 49.5 Å². The lowest BCUT2D eigenvalue weighted by molar-refractivity contribution is -0.123. The first-order chi connectivity index (χ1) is 11.2. The predicted octanol–water partition coefficient (Wildman–Crippen LogP) is 2.10. The van der Waals surface area contributed by atoms with Gasteiger partial charge < -0.3 is 4.74 Å². The smallest absolute Gasteiger partial charge is 0.277 e. The molecule has 23 heavy (non-hydrogen) atoms. The van der Waals surface area contributed by atoms with Crippen LogP contribution in [0.2, 0.25) is 0 Å². The first-order valence-electron chi connectivity index (χ1n) is 7.13. The third kappa shape index (κ3) is 3.94. The van der Waals surface area contributed by atoms with Crippen molar-refractivity contribution in [1.82, 2.24) is 15.2 Å². The summed E-state index contributed by atoms with van der Waals surface area (Å²) in [4.78, 5) is 11.7. The number of nitrogens with zero attached hydrogens (tertiary/aromatic N) is 3. The van der Waals surface area contributed by atoms with E-state index in [-0.39, 0.29) is 12.5 Å². The number of carbonyl (C=O) groups excluding carboxylic acids is 1. The molecule has 1 aromatic heterocycles. The van der Waals surface area contributed by atoms with Gasteiger partial charge in [0.2, 0.25) is 0 Å². The molecule has 6 heteroatoms. The number of hydrazone groups is 1. The maximum Gasteiger partial charge on any atom is 0.277 e. The van der Waals surface area contributed by atoms with Gasteiger partial charge >= 0.3 is 0 Å². The summed E-state index contributed by atoms with van der Waals surface area (Å²) in [7, 11) is 1.81. The molecule has 0 fully saturated rings. The van der Waals surface area contributed by atoms with E-state index in [2.05, 4.69) is 15.6 Å². The summed E-state index contributed by atoms with van der Waals surface area (Å²) < 4.78 is 7.14. The summed E-state index contributed by atoms with van der Waals surface area (Å²) in [6.45, 7) is -0.0945. The summed E-state index contributed by atoms with van der Waals surface area (Å²) in [6, 6.07) is 13.7. The van der Waals surface area contributed by atoms with Gasteiger partial charge in [-0.2, -0.15) is 10.2 Å². The summed E-state index contributed by atoms with van der Waals surface area (Å²) in [5.41, 5.74) is 3.22. The first kappa shape index (κ1) is 14.8. The van der Waals surface area contributed by atoms with Crippen LogP contribution in [0.15, 0.2) is 60.0 Å². The molecule has 0 atom stereocenters. The maximum absolute atomic E-state index is 11.7. The van der Waals surface area contributed by atoms with Crippen molar-refractivity contribution in [1.29, 1.82) is 0 Å².